The summed E-state index contributed by atoms with van der Waals surface area (Å²) in [6, 6.07) is 18.0. The molecule has 1 atom stereocenters. The van der Waals surface area contributed by atoms with Gasteiger partial charge in [0, 0.05) is 37.9 Å². The highest BCUT2D eigenvalue weighted by atomic mass is 15.3. The molecule has 0 bridgehead atoms. The standard InChI is InChI=1S/C32H49N3/c1-5-6-18-34-19-21-35(22-20-34)31-17-14-27(30(33)23-25-10-8-7-9-11-25)24-29(31)26-12-15-28(16-13-26)32(2,3)4/h7-11,14,17,24,26,28,30H,5-6,12-13,15-16,18-23,33H2,1-4H3. The highest BCUT2D eigenvalue weighted by molar-refractivity contribution is 5.57. The van der Waals surface area contributed by atoms with E-state index in [0.717, 1.165) is 25.4 Å². The molecule has 35 heavy (non-hydrogen) atoms. The topological polar surface area (TPSA) is 32.5 Å². The van der Waals surface area contributed by atoms with Crippen molar-refractivity contribution in [1.82, 2.24) is 4.90 Å². The Morgan fingerprint density at radius 3 is 2.23 bits per heavy atom. The molecule has 1 unspecified atom stereocenters. The summed E-state index contributed by atoms with van der Waals surface area (Å²) in [5.74, 6) is 1.50. The van der Waals surface area contributed by atoms with Crippen molar-refractivity contribution in [3.05, 3.63) is 65.2 Å². The van der Waals surface area contributed by atoms with Crippen LogP contribution >= 0.6 is 0 Å². The second-order valence-electron chi connectivity index (χ2n) is 12.2. The Bertz CT molecular complexity index is 900. The third-order valence-electron chi connectivity index (χ3n) is 8.71. The average molecular weight is 476 g/mol. The van der Waals surface area contributed by atoms with Gasteiger partial charge < -0.3 is 10.6 Å². The summed E-state index contributed by atoms with van der Waals surface area (Å²) in [4.78, 5) is 5.32. The molecule has 192 valence electrons. The number of benzene rings is 2. The van der Waals surface area contributed by atoms with E-state index >= 15 is 0 Å². The Hall–Kier alpha value is -1.84. The Morgan fingerprint density at radius 2 is 1.60 bits per heavy atom. The van der Waals surface area contributed by atoms with Crippen LogP contribution in [0, 0.1) is 11.3 Å². The quantitative estimate of drug-likeness (QED) is 0.439. The summed E-state index contributed by atoms with van der Waals surface area (Å²) in [5.41, 5.74) is 12.9. The molecule has 2 aromatic carbocycles. The van der Waals surface area contributed by atoms with Crippen molar-refractivity contribution in [3.8, 4) is 0 Å². The first kappa shape index (κ1) is 26.2. The predicted octanol–water partition coefficient (Wildman–Crippen LogP) is 7.17. The van der Waals surface area contributed by atoms with E-state index < -0.39 is 0 Å². The van der Waals surface area contributed by atoms with E-state index in [1.54, 1.807) is 5.56 Å². The maximum absolute atomic E-state index is 6.78. The van der Waals surface area contributed by atoms with Crippen LogP contribution in [0.5, 0.6) is 0 Å². The van der Waals surface area contributed by atoms with Crippen LogP contribution < -0.4 is 10.6 Å². The lowest BCUT2D eigenvalue weighted by Gasteiger charge is -2.40. The summed E-state index contributed by atoms with van der Waals surface area (Å²) in [6.07, 6.45) is 8.80. The highest BCUT2D eigenvalue weighted by Gasteiger charge is 2.32. The van der Waals surface area contributed by atoms with Gasteiger partial charge in [-0.25, -0.2) is 0 Å². The zero-order chi connectivity index (χ0) is 24.8. The van der Waals surface area contributed by atoms with Crippen molar-refractivity contribution in [1.29, 1.82) is 0 Å². The predicted molar refractivity (Wildman–Crippen MR) is 151 cm³/mol. The molecular weight excluding hydrogens is 426 g/mol. The van der Waals surface area contributed by atoms with Gasteiger partial charge in [-0.2, -0.15) is 0 Å². The van der Waals surface area contributed by atoms with Gasteiger partial charge in [0.05, 0.1) is 0 Å². The summed E-state index contributed by atoms with van der Waals surface area (Å²) in [6.45, 7) is 15.5. The number of hydrogen-bond donors (Lipinski definition) is 1. The molecule has 0 spiro atoms. The van der Waals surface area contributed by atoms with Crippen molar-refractivity contribution in [3.63, 3.8) is 0 Å². The number of nitrogens with two attached hydrogens (primary N) is 1. The van der Waals surface area contributed by atoms with Crippen molar-refractivity contribution in [2.75, 3.05) is 37.6 Å². The molecule has 2 N–H and O–H groups in total. The molecule has 1 saturated carbocycles. The fourth-order valence-electron chi connectivity index (χ4n) is 6.27. The summed E-state index contributed by atoms with van der Waals surface area (Å²) in [7, 11) is 0. The molecule has 3 heteroatoms. The van der Waals surface area contributed by atoms with Crippen molar-refractivity contribution in [2.45, 2.75) is 84.6 Å². The van der Waals surface area contributed by atoms with E-state index in [9.17, 15) is 0 Å². The number of unbranched alkanes of at least 4 members (excludes halogenated alkanes) is 1. The van der Waals surface area contributed by atoms with E-state index in [1.165, 1.54) is 75.0 Å². The van der Waals surface area contributed by atoms with Gasteiger partial charge in [-0.3, -0.25) is 4.90 Å². The van der Waals surface area contributed by atoms with Crippen molar-refractivity contribution < 1.29 is 0 Å². The lowest BCUT2D eigenvalue weighted by Crippen LogP contribution is -2.47. The smallest absolute Gasteiger partial charge is 0.0402 e. The van der Waals surface area contributed by atoms with Crippen LogP contribution in [0.4, 0.5) is 5.69 Å². The van der Waals surface area contributed by atoms with Crippen molar-refractivity contribution >= 4 is 5.69 Å². The minimum absolute atomic E-state index is 0.0435. The molecular formula is C32H49N3. The fraction of sp³-hybridized carbons (Fsp3) is 0.625. The first-order valence-electron chi connectivity index (χ1n) is 14.3. The van der Waals surface area contributed by atoms with Crippen LogP contribution in [0.15, 0.2) is 48.5 Å². The minimum Gasteiger partial charge on any atom is -0.369 e. The largest absolute Gasteiger partial charge is 0.369 e. The van der Waals surface area contributed by atoms with Crippen LogP contribution in [0.2, 0.25) is 0 Å². The number of nitrogens with zero attached hydrogens (tertiary/aromatic N) is 2. The van der Waals surface area contributed by atoms with Gasteiger partial charge in [0.25, 0.3) is 0 Å². The number of rotatable bonds is 8. The molecule has 0 aromatic heterocycles. The minimum atomic E-state index is 0.0435. The second kappa shape index (κ2) is 11.9. The SMILES string of the molecule is CCCCN1CCN(c2ccc(C(N)Cc3ccccc3)cc2C2CCC(C(C)(C)C)CC2)CC1. The third-order valence-corrected chi connectivity index (χ3v) is 8.71. The molecule has 0 radical (unpaired) electrons. The second-order valence-corrected chi connectivity index (χ2v) is 12.2. The van der Waals surface area contributed by atoms with E-state index in [2.05, 4.69) is 86.0 Å². The maximum Gasteiger partial charge on any atom is 0.0402 e. The lowest BCUT2D eigenvalue weighted by molar-refractivity contribution is 0.169. The van der Waals surface area contributed by atoms with E-state index in [4.69, 9.17) is 5.73 Å². The molecule has 2 fully saturated rings. The first-order chi connectivity index (χ1) is 16.8. The van der Waals surface area contributed by atoms with Crippen LogP contribution in [0.1, 0.15) is 94.9 Å². The van der Waals surface area contributed by atoms with Crippen LogP contribution in [-0.4, -0.2) is 37.6 Å². The zero-order valence-corrected chi connectivity index (χ0v) is 22.8. The highest BCUT2D eigenvalue weighted by Crippen LogP contribution is 2.45. The van der Waals surface area contributed by atoms with Crippen LogP contribution in [0.25, 0.3) is 0 Å². The van der Waals surface area contributed by atoms with Gasteiger partial charge in [0.2, 0.25) is 0 Å². The molecule has 4 rings (SSSR count). The Kier molecular flexibility index (Phi) is 8.94. The van der Waals surface area contributed by atoms with Gasteiger partial charge in [-0.1, -0.05) is 76.6 Å². The summed E-state index contributed by atoms with van der Waals surface area (Å²) >= 11 is 0. The van der Waals surface area contributed by atoms with Gasteiger partial charge in [0.1, 0.15) is 0 Å². The number of hydrogen-bond acceptors (Lipinski definition) is 3. The maximum atomic E-state index is 6.78. The monoisotopic (exact) mass is 475 g/mol. The van der Waals surface area contributed by atoms with Gasteiger partial charge in [0.15, 0.2) is 0 Å². The number of anilines is 1. The molecule has 1 aliphatic carbocycles. The van der Waals surface area contributed by atoms with E-state index in [0.29, 0.717) is 11.3 Å². The lowest BCUT2D eigenvalue weighted by atomic mass is 9.68. The zero-order valence-electron chi connectivity index (χ0n) is 22.8. The van der Waals surface area contributed by atoms with E-state index in [-0.39, 0.29) is 6.04 Å². The van der Waals surface area contributed by atoms with Gasteiger partial charge in [-0.05, 0) is 85.1 Å². The number of piperazine rings is 1. The summed E-state index contributed by atoms with van der Waals surface area (Å²) < 4.78 is 0. The molecule has 1 heterocycles. The van der Waals surface area contributed by atoms with Crippen LogP contribution in [0.3, 0.4) is 0 Å². The third kappa shape index (κ3) is 6.89. The average Bonchev–Trinajstić information content (AvgIpc) is 2.87. The Balaban J connectivity index is 1.54. The normalized spacial score (nSPS) is 22.8. The van der Waals surface area contributed by atoms with Crippen molar-refractivity contribution in [2.24, 2.45) is 17.1 Å². The molecule has 2 aliphatic rings. The Morgan fingerprint density at radius 1 is 0.914 bits per heavy atom. The van der Waals surface area contributed by atoms with E-state index in [1.807, 2.05) is 0 Å². The Labute approximate surface area is 215 Å². The molecule has 1 aliphatic heterocycles. The molecule has 2 aromatic rings. The van der Waals surface area contributed by atoms with Crippen LogP contribution in [-0.2, 0) is 6.42 Å². The van der Waals surface area contributed by atoms with Gasteiger partial charge in [-0.15, -0.1) is 0 Å². The molecule has 0 amide bonds. The van der Waals surface area contributed by atoms with Gasteiger partial charge >= 0.3 is 0 Å². The molecule has 1 saturated heterocycles. The first-order valence-corrected chi connectivity index (χ1v) is 14.3. The summed E-state index contributed by atoms with van der Waals surface area (Å²) in [5, 5.41) is 0. The molecule has 3 nitrogen and oxygen atoms in total. The fourth-order valence-corrected chi connectivity index (χ4v) is 6.27.